The minimum atomic E-state index is 0.0359. The number of para-hydroxylation sites is 2. The fourth-order valence-electron chi connectivity index (χ4n) is 3.58. The van der Waals surface area contributed by atoms with E-state index in [4.69, 9.17) is 10.5 Å². The lowest BCUT2D eigenvalue weighted by atomic mass is 9.69. The van der Waals surface area contributed by atoms with Crippen molar-refractivity contribution in [2.24, 2.45) is 16.1 Å². The second-order valence-corrected chi connectivity index (χ2v) is 7.07. The SMILES string of the molecule is COc1ccccc1N1C(N)=NCC12CCC(C)(C)CC2. The van der Waals surface area contributed by atoms with Gasteiger partial charge in [0, 0.05) is 0 Å². The van der Waals surface area contributed by atoms with Gasteiger partial charge in [-0.2, -0.15) is 0 Å². The Morgan fingerprint density at radius 1 is 1.14 bits per heavy atom. The average molecular weight is 287 g/mol. The molecule has 0 bridgehead atoms. The third-order valence-corrected chi connectivity index (χ3v) is 5.10. The molecular weight excluding hydrogens is 262 g/mol. The van der Waals surface area contributed by atoms with E-state index in [9.17, 15) is 0 Å². The van der Waals surface area contributed by atoms with Crippen LogP contribution in [0.3, 0.4) is 0 Å². The molecule has 1 heterocycles. The number of nitrogens with zero attached hydrogens (tertiary/aromatic N) is 2. The summed E-state index contributed by atoms with van der Waals surface area (Å²) in [5, 5.41) is 0. The van der Waals surface area contributed by atoms with E-state index in [0.717, 1.165) is 30.8 Å². The summed E-state index contributed by atoms with van der Waals surface area (Å²) >= 11 is 0. The van der Waals surface area contributed by atoms with E-state index in [1.165, 1.54) is 12.8 Å². The molecule has 1 aliphatic heterocycles. The molecule has 0 atom stereocenters. The van der Waals surface area contributed by atoms with E-state index in [-0.39, 0.29) is 5.54 Å². The normalized spacial score (nSPS) is 23.2. The molecule has 1 spiro atoms. The van der Waals surface area contributed by atoms with Gasteiger partial charge in [-0.25, -0.2) is 0 Å². The molecule has 2 N–H and O–H groups in total. The summed E-state index contributed by atoms with van der Waals surface area (Å²) in [4.78, 5) is 6.78. The number of benzene rings is 1. The Kier molecular flexibility index (Phi) is 3.34. The van der Waals surface area contributed by atoms with Crippen LogP contribution in [0.2, 0.25) is 0 Å². The molecule has 0 saturated heterocycles. The van der Waals surface area contributed by atoms with E-state index < -0.39 is 0 Å². The maximum atomic E-state index is 6.23. The van der Waals surface area contributed by atoms with Gasteiger partial charge >= 0.3 is 0 Å². The summed E-state index contributed by atoms with van der Waals surface area (Å²) in [5.74, 6) is 1.49. The Balaban J connectivity index is 1.97. The summed E-state index contributed by atoms with van der Waals surface area (Å²) in [7, 11) is 1.71. The highest BCUT2D eigenvalue weighted by Crippen LogP contribution is 2.47. The van der Waals surface area contributed by atoms with Crippen LogP contribution in [0.25, 0.3) is 0 Å². The highest BCUT2D eigenvalue weighted by Gasteiger charge is 2.47. The number of ether oxygens (including phenoxy) is 1. The molecule has 1 aliphatic carbocycles. The van der Waals surface area contributed by atoms with E-state index in [1.54, 1.807) is 7.11 Å². The molecule has 1 aromatic carbocycles. The van der Waals surface area contributed by atoms with Crippen LogP contribution in [-0.2, 0) is 0 Å². The van der Waals surface area contributed by atoms with Crippen LogP contribution in [0.5, 0.6) is 5.75 Å². The molecule has 3 rings (SSSR count). The molecule has 2 aliphatic rings. The van der Waals surface area contributed by atoms with Crippen LogP contribution in [0.1, 0.15) is 39.5 Å². The number of guanidine groups is 1. The van der Waals surface area contributed by atoms with Crippen molar-refractivity contribution in [3.05, 3.63) is 24.3 Å². The Morgan fingerprint density at radius 3 is 2.48 bits per heavy atom. The van der Waals surface area contributed by atoms with Gasteiger partial charge in [0.05, 0.1) is 24.9 Å². The first kappa shape index (κ1) is 14.2. The summed E-state index contributed by atoms with van der Waals surface area (Å²) in [6.07, 6.45) is 4.67. The molecule has 4 heteroatoms. The lowest BCUT2D eigenvalue weighted by Gasteiger charge is -2.46. The zero-order valence-electron chi connectivity index (χ0n) is 13.2. The minimum Gasteiger partial charge on any atom is -0.495 e. The van der Waals surface area contributed by atoms with Crippen LogP contribution in [-0.4, -0.2) is 25.2 Å². The van der Waals surface area contributed by atoms with Crippen LogP contribution in [0, 0.1) is 5.41 Å². The van der Waals surface area contributed by atoms with Crippen molar-refractivity contribution >= 4 is 11.6 Å². The van der Waals surface area contributed by atoms with Crippen molar-refractivity contribution in [1.82, 2.24) is 0 Å². The van der Waals surface area contributed by atoms with Crippen LogP contribution < -0.4 is 15.4 Å². The molecule has 0 radical (unpaired) electrons. The molecule has 1 aromatic rings. The molecule has 1 saturated carbocycles. The van der Waals surface area contributed by atoms with E-state index >= 15 is 0 Å². The first-order chi connectivity index (χ1) is 9.97. The summed E-state index contributed by atoms with van der Waals surface area (Å²) < 4.78 is 5.53. The van der Waals surface area contributed by atoms with Crippen LogP contribution in [0.15, 0.2) is 29.3 Å². The number of anilines is 1. The molecule has 21 heavy (non-hydrogen) atoms. The van der Waals surface area contributed by atoms with Crippen molar-refractivity contribution in [1.29, 1.82) is 0 Å². The predicted octanol–water partition coefficient (Wildman–Crippen LogP) is 3.17. The van der Waals surface area contributed by atoms with Gasteiger partial charge in [0.1, 0.15) is 5.75 Å². The van der Waals surface area contributed by atoms with Crippen LogP contribution in [0.4, 0.5) is 5.69 Å². The largest absolute Gasteiger partial charge is 0.495 e. The highest BCUT2D eigenvalue weighted by atomic mass is 16.5. The maximum absolute atomic E-state index is 6.23. The number of aliphatic imine (C=N–C) groups is 1. The summed E-state index contributed by atoms with van der Waals surface area (Å²) in [5.41, 5.74) is 7.73. The number of methoxy groups -OCH3 is 1. The number of nitrogens with two attached hydrogens (primary N) is 1. The molecule has 0 aromatic heterocycles. The van der Waals surface area contributed by atoms with Crippen molar-refractivity contribution in [3.8, 4) is 5.75 Å². The third-order valence-electron chi connectivity index (χ3n) is 5.10. The minimum absolute atomic E-state index is 0.0359. The third kappa shape index (κ3) is 2.37. The maximum Gasteiger partial charge on any atom is 0.196 e. The van der Waals surface area contributed by atoms with E-state index in [1.807, 2.05) is 18.2 Å². The molecular formula is C17H25N3O. The quantitative estimate of drug-likeness (QED) is 0.909. The molecule has 4 nitrogen and oxygen atoms in total. The lowest BCUT2D eigenvalue weighted by molar-refractivity contribution is 0.175. The van der Waals surface area contributed by atoms with Crippen molar-refractivity contribution in [3.63, 3.8) is 0 Å². The van der Waals surface area contributed by atoms with Gasteiger partial charge in [-0.15, -0.1) is 0 Å². The number of hydrogen-bond donors (Lipinski definition) is 1. The topological polar surface area (TPSA) is 50.9 Å². The van der Waals surface area contributed by atoms with E-state index in [0.29, 0.717) is 11.4 Å². The van der Waals surface area contributed by atoms with Gasteiger partial charge in [-0.05, 0) is 43.2 Å². The second-order valence-electron chi connectivity index (χ2n) is 7.07. The Bertz CT molecular complexity index is 555. The first-order valence-electron chi connectivity index (χ1n) is 7.71. The second kappa shape index (κ2) is 4.93. The van der Waals surface area contributed by atoms with Crippen molar-refractivity contribution in [2.75, 3.05) is 18.6 Å². The molecule has 0 amide bonds. The van der Waals surface area contributed by atoms with Gasteiger partial charge in [-0.1, -0.05) is 26.0 Å². The fourth-order valence-corrected chi connectivity index (χ4v) is 3.58. The fraction of sp³-hybridized carbons (Fsp3) is 0.588. The Hall–Kier alpha value is -1.71. The summed E-state index contributed by atoms with van der Waals surface area (Å²) in [6, 6.07) is 8.09. The zero-order valence-corrected chi connectivity index (χ0v) is 13.2. The smallest absolute Gasteiger partial charge is 0.196 e. The predicted molar refractivity (Wildman–Crippen MR) is 86.9 cm³/mol. The number of hydrogen-bond acceptors (Lipinski definition) is 4. The average Bonchev–Trinajstić information content (AvgIpc) is 2.80. The van der Waals surface area contributed by atoms with Gasteiger partial charge < -0.3 is 15.4 Å². The highest BCUT2D eigenvalue weighted by molar-refractivity contribution is 5.99. The van der Waals surface area contributed by atoms with Gasteiger partial charge in [0.2, 0.25) is 0 Å². The molecule has 114 valence electrons. The van der Waals surface area contributed by atoms with E-state index in [2.05, 4.69) is 29.8 Å². The Labute approximate surface area is 127 Å². The lowest BCUT2D eigenvalue weighted by Crippen LogP contribution is -2.54. The summed E-state index contributed by atoms with van der Waals surface area (Å²) in [6.45, 7) is 5.51. The van der Waals surface area contributed by atoms with Crippen molar-refractivity contribution < 1.29 is 4.74 Å². The van der Waals surface area contributed by atoms with Gasteiger partial charge in [0.25, 0.3) is 0 Å². The van der Waals surface area contributed by atoms with Crippen molar-refractivity contribution in [2.45, 2.75) is 45.1 Å². The Morgan fingerprint density at radius 2 is 1.81 bits per heavy atom. The first-order valence-corrected chi connectivity index (χ1v) is 7.71. The number of rotatable bonds is 2. The van der Waals surface area contributed by atoms with Gasteiger partial charge in [-0.3, -0.25) is 4.99 Å². The molecule has 0 unspecified atom stereocenters. The standard InChI is InChI=1S/C17H25N3O/c1-16(2)8-10-17(11-9-16)12-19-15(18)20(17)13-6-4-5-7-14(13)21-3/h4-7H,8-12H2,1-3H3,(H2,18,19). The van der Waals surface area contributed by atoms with Crippen LogP contribution >= 0.6 is 0 Å². The zero-order chi connectivity index (χ0) is 15.1. The monoisotopic (exact) mass is 287 g/mol. The molecule has 1 fully saturated rings. The van der Waals surface area contributed by atoms with Gasteiger partial charge in [0.15, 0.2) is 5.96 Å².